The van der Waals surface area contributed by atoms with Gasteiger partial charge in [-0.25, -0.2) is 0 Å². The fourth-order valence-electron chi connectivity index (χ4n) is 3.09. The Labute approximate surface area is 116 Å². The molecule has 2 rings (SSSR count). The molecule has 0 aromatic heterocycles. The summed E-state index contributed by atoms with van der Waals surface area (Å²) in [5.74, 6) is 0.0269. The Kier molecular flexibility index (Phi) is 5.19. The molecule has 19 heavy (non-hydrogen) atoms. The highest BCUT2D eigenvalue weighted by molar-refractivity contribution is 5.81. The number of morpholine rings is 1. The number of rotatable bonds is 4. The van der Waals surface area contributed by atoms with Gasteiger partial charge in [-0.15, -0.1) is 0 Å². The van der Waals surface area contributed by atoms with E-state index < -0.39 is 0 Å². The summed E-state index contributed by atoms with van der Waals surface area (Å²) in [6.07, 6.45) is 5.86. The van der Waals surface area contributed by atoms with E-state index in [1.165, 1.54) is 32.1 Å². The lowest BCUT2D eigenvalue weighted by atomic mass is 9.80. The van der Waals surface area contributed by atoms with Crippen LogP contribution < -0.4 is 10.6 Å². The van der Waals surface area contributed by atoms with Crippen molar-refractivity contribution in [3.05, 3.63) is 0 Å². The summed E-state index contributed by atoms with van der Waals surface area (Å²) in [7, 11) is 4.24. The zero-order chi connectivity index (χ0) is 13.7. The van der Waals surface area contributed by atoms with Crippen molar-refractivity contribution in [3.8, 4) is 0 Å². The first kappa shape index (κ1) is 14.8. The van der Waals surface area contributed by atoms with Crippen LogP contribution in [0.15, 0.2) is 0 Å². The Morgan fingerprint density at radius 2 is 2.11 bits per heavy atom. The second-order valence-corrected chi connectivity index (χ2v) is 5.96. The van der Waals surface area contributed by atoms with E-state index in [4.69, 9.17) is 4.74 Å². The van der Waals surface area contributed by atoms with Crippen molar-refractivity contribution < 1.29 is 9.53 Å². The van der Waals surface area contributed by atoms with Crippen LogP contribution in [0.25, 0.3) is 0 Å². The monoisotopic (exact) mass is 269 g/mol. The van der Waals surface area contributed by atoms with E-state index in [2.05, 4.69) is 29.6 Å². The summed E-state index contributed by atoms with van der Waals surface area (Å²) in [6, 6.07) is 0. The normalized spacial score (nSPS) is 27.2. The lowest BCUT2D eigenvalue weighted by molar-refractivity contribution is -0.135. The molecule has 2 N–H and O–H groups in total. The topological polar surface area (TPSA) is 53.6 Å². The van der Waals surface area contributed by atoms with Gasteiger partial charge in [0.15, 0.2) is 0 Å². The van der Waals surface area contributed by atoms with Gasteiger partial charge in [0.25, 0.3) is 5.91 Å². The minimum absolute atomic E-state index is 0.0269. The van der Waals surface area contributed by atoms with Crippen LogP contribution in [0.5, 0.6) is 0 Å². The van der Waals surface area contributed by atoms with Crippen LogP contribution in [0.3, 0.4) is 0 Å². The Morgan fingerprint density at radius 3 is 2.68 bits per heavy atom. The summed E-state index contributed by atoms with van der Waals surface area (Å²) in [5.41, 5.74) is 0.135. The predicted octanol–water partition coefficient (Wildman–Crippen LogP) is 0.356. The van der Waals surface area contributed by atoms with Gasteiger partial charge in [-0.2, -0.15) is 0 Å². The average Bonchev–Trinajstić information content (AvgIpc) is 2.46. The zero-order valence-electron chi connectivity index (χ0n) is 12.2. The fourth-order valence-corrected chi connectivity index (χ4v) is 3.09. The highest BCUT2D eigenvalue weighted by atomic mass is 16.5. The van der Waals surface area contributed by atoms with E-state index in [1.54, 1.807) is 0 Å². The van der Waals surface area contributed by atoms with Gasteiger partial charge in [0.05, 0.1) is 6.61 Å². The number of hydrogen-bond donors (Lipinski definition) is 2. The molecular formula is C14H27N3O2. The van der Waals surface area contributed by atoms with Gasteiger partial charge in [0.2, 0.25) is 0 Å². The molecule has 5 heteroatoms. The first-order valence-electron chi connectivity index (χ1n) is 7.41. The van der Waals surface area contributed by atoms with E-state index in [9.17, 15) is 4.79 Å². The molecule has 5 nitrogen and oxygen atoms in total. The molecule has 0 spiro atoms. The number of hydrogen-bond acceptors (Lipinski definition) is 4. The van der Waals surface area contributed by atoms with Crippen LogP contribution in [0.1, 0.15) is 32.1 Å². The molecule has 0 bridgehead atoms. The molecule has 1 saturated heterocycles. The summed E-state index contributed by atoms with van der Waals surface area (Å²) in [4.78, 5) is 14.4. The number of ether oxygens (including phenoxy) is 1. The molecule has 0 aromatic rings. The van der Waals surface area contributed by atoms with Crippen LogP contribution in [0, 0.1) is 0 Å². The van der Waals surface area contributed by atoms with Crippen molar-refractivity contribution in [1.82, 2.24) is 15.5 Å². The van der Waals surface area contributed by atoms with Crippen LogP contribution in [-0.4, -0.2) is 62.8 Å². The largest absolute Gasteiger partial charge is 0.366 e. The van der Waals surface area contributed by atoms with Crippen molar-refractivity contribution in [2.24, 2.45) is 0 Å². The highest BCUT2D eigenvalue weighted by Gasteiger charge is 2.35. The Bertz CT molecular complexity index is 295. The maximum atomic E-state index is 12.1. The van der Waals surface area contributed by atoms with E-state index in [0.29, 0.717) is 13.2 Å². The standard InChI is InChI=1S/C14H27N3O2/c1-17(2)14(6-4-3-5-7-14)11-16-13(18)12-10-15-8-9-19-12/h12,15H,3-11H2,1-2H3,(H,16,18)/t12-/m1/s1. The molecule has 1 aliphatic carbocycles. The Morgan fingerprint density at radius 1 is 1.37 bits per heavy atom. The molecule has 0 unspecified atom stereocenters. The molecule has 1 atom stereocenters. The molecule has 2 fully saturated rings. The van der Waals surface area contributed by atoms with Gasteiger partial charge in [-0.1, -0.05) is 19.3 Å². The summed E-state index contributed by atoms with van der Waals surface area (Å²) >= 11 is 0. The second-order valence-electron chi connectivity index (χ2n) is 5.96. The number of nitrogens with zero attached hydrogens (tertiary/aromatic N) is 1. The van der Waals surface area contributed by atoms with Crippen LogP contribution >= 0.6 is 0 Å². The minimum atomic E-state index is -0.323. The molecule has 1 amide bonds. The van der Waals surface area contributed by atoms with Crippen molar-refractivity contribution in [2.75, 3.05) is 40.3 Å². The third kappa shape index (κ3) is 3.68. The van der Waals surface area contributed by atoms with E-state index in [0.717, 1.165) is 13.1 Å². The number of likely N-dealkylation sites (N-methyl/N-ethyl adjacent to an activating group) is 1. The fraction of sp³-hybridized carbons (Fsp3) is 0.929. The maximum absolute atomic E-state index is 12.1. The lowest BCUT2D eigenvalue weighted by Crippen LogP contribution is -2.56. The number of carbonyl (C=O) groups excluding carboxylic acids is 1. The van der Waals surface area contributed by atoms with Gasteiger partial charge >= 0.3 is 0 Å². The second kappa shape index (κ2) is 6.68. The molecule has 1 aliphatic heterocycles. The van der Waals surface area contributed by atoms with Crippen molar-refractivity contribution in [3.63, 3.8) is 0 Å². The van der Waals surface area contributed by atoms with Crippen LogP contribution in [0.4, 0.5) is 0 Å². The SMILES string of the molecule is CN(C)C1(CNC(=O)[C@H]2CNCCO2)CCCCC1. The van der Waals surface area contributed by atoms with Gasteiger partial charge in [0, 0.05) is 25.2 Å². The van der Waals surface area contributed by atoms with Gasteiger partial charge in [-0.3, -0.25) is 4.79 Å². The molecule has 1 saturated carbocycles. The Hall–Kier alpha value is -0.650. The smallest absolute Gasteiger partial charge is 0.250 e. The number of amides is 1. The Balaban J connectivity index is 1.86. The molecular weight excluding hydrogens is 242 g/mol. The molecule has 110 valence electrons. The van der Waals surface area contributed by atoms with Crippen molar-refractivity contribution >= 4 is 5.91 Å². The van der Waals surface area contributed by atoms with Crippen LogP contribution in [0.2, 0.25) is 0 Å². The first-order valence-corrected chi connectivity index (χ1v) is 7.41. The lowest BCUT2D eigenvalue weighted by Gasteiger charge is -2.43. The van der Waals surface area contributed by atoms with Crippen molar-refractivity contribution in [2.45, 2.75) is 43.7 Å². The minimum Gasteiger partial charge on any atom is -0.366 e. The zero-order valence-corrected chi connectivity index (χ0v) is 12.2. The number of carbonyl (C=O) groups is 1. The van der Waals surface area contributed by atoms with Gasteiger partial charge in [0.1, 0.15) is 6.10 Å². The van der Waals surface area contributed by atoms with Gasteiger partial charge < -0.3 is 20.3 Å². The predicted molar refractivity (Wildman–Crippen MR) is 75.1 cm³/mol. The van der Waals surface area contributed by atoms with Gasteiger partial charge in [-0.05, 0) is 26.9 Å². The summed E-state index contributed by atoms with van der Waals surface area (Å²) < 4.78 is 5.48. The van der Waals surface area contributed by atoms with Crippen LogP contribution in [-0.2, 0) is 9.53 Å². The average molecular weight is 269 g/mol. The maximum Gasteiger partial charge on any atom is 0.250 e. The molecule has 2 aliphatic rings. The molecule has 0 radical (unpaired) electrons. The number of nitrogens with one attached hydrogen (secondary N) is 2. The third-order valence-corrected chi connectivity index (χ3v) is 4.54. The molecule has 0 aromatic carbocycles. The van der Waals surface area contributed by atoms with E-state index in [-0.39, 0.29) is 17.6 Å². The first-order chi connectivity index (χ1) is 9.14. The highest BCUT2D eigenvalue weighted by Crippen LogP contribution is 2.31. The molecule has 1 heterocycles. The van der Waals surface area contributed by atoms with Crippen molar-refractivity contribution in [1.29, 1.82) is 0 Å². The van der Waals surface area contributed by atoms with E-state index >= 15 is 0 Å². The quantitative estimate of drug-likeness (QED) is 0.773. The third-order valence-electron chi connectivity index (χ3n) is 4.54. The summed E-state index contributed by atoms with van der Waals surface area (Å²) in [5, 5.41) is 6.29. The van der Waals surface area contributed by atoms with E-state index in [1.807, 2.05) is 0 Å². The summed E-state index contributed by atoms with van der Waals surface area (Å²) in [6.45, 7) is 2.82.